The molecule has 1 heterocycles. The highest BCUT2D eigenvalue weighted by molar-refractivity contribution is 7.58. The van der Waals surface area contributed by atoms with E-state index in [1.165, 1.54) is 11.9 Å². The van der Waals surface area contributed by atoms with Crippen LogP contribution in [0.3, 0.4) is 0 Å². The molecule has 1 atom stereocenters. The highest BCUT2D eigenvalue weighted by atomic mass is 31.1. The molecule has 0 radical (unpaired) electrons. The van der Waals surface area contributed by atoms with Gasteiger partial charge in [0.2, 0.25) is 0 Å². The first-order valence-electron chi connectivity index (χ1n) is 3.96. The molecule has 1 rings (SSSR count). The third-order valence-electron chi connectivity index (χ3n) is 1.82. The van der Waals surface area contributed by atoms with E-state index in [9.17, 15) is 0 Å². The molecule has 0 aromatic heterocycles. The first-order chi connectivity index (χ1) is 4.91. The molecule has 64 valence electrons. The van der Waals surface area contributed by atoms with E-state index in [1.807, 2.05) is 0 Å². The summed E-state index contributed by atoms with van der Waals surface area (Å²) in [5.41, 5.74) is 1.29. The highest BCUT2D eigenvalue weighted by Gasteiger charge is 2.31. The summed E-state index contributed by atoms with van der Waals surface area (Å²) >= 11 is 0. The van der Waals surface area contributed by atoms with Crippen molar-refractivity contribution >= 4 is 13.8 Å². The normalized spacial score (nSPS) is 25.7. The molecule has 0 bridgehead atoms. The summed E-state index contributed by atoms with van der Waals surface area (Å²) < 4.78 is 2.16. The first kappa shape index (κ1) is 8.99. The zero-order valence-electron chi connectivity index (χ0n) is 8.05. The van der Waals surface area contributed by atoms with Crippen LogP contribution in [0.15, 0.2) is 5.10 Å². The van der Waals surface area contributed by atoms with Crippen molar-refractivity contribution in [3.63, 3.8) is 0 Å². The van der Waals surface area contributed by atoms with Gasteiger partial charge in [0.15, 0.2) is 0 Å². The van der Waals surface area contributed by atoms with Crippen LogP contribution in [0.5, 0.6) is 0 Å². The quantitative estimate of drug-likeness (QED) is 0.512. The second-order valence-electron chi connectivity index (χ2n) is 4.05. The number of rotatable bonds is 0. The molecule has 0 N–H and O–H groups in total. The lowest BCUT2D eigenvalue weighted by molar-refractivity contribution is 0.578. The monoisotopic (exact) mass is 172 g/mol. The SMILES string of the molecule is CC1=NN(C)P(C(C)(C)C)C1. The lowest BCUT2D eigenvalue weighted by atomic mass is 10.3. The van der Waals surface area contributed by atoms with Crippen LogP contribution in [0, 0.1) is 0 Å². The molecular weight excluding hydrogens is 155 g/mol. The van der Waals surface area contributed by atoms with Crippen LogP contribution in [0.25, 0.3) is 0 Å². The minimum Gasteiger partial charge on any atom is -0.279 e. The summed E-state index contributed by atoms with van der Waals surface area (Å²) in [5, 5.41) is 4.82. The van der Waals surface area contributed by atoms with Gasteiger partial charge in [-0.05, 0) is 6.92 Å². The molecule has 0 spiro atoms. The average Bonchev–Trinajstić information content (AvgIpc) is 2.08. The molecule has 2 nitrogen and oxygen atoms in total. The third-order valence-corrected chi connectivity index (χ3v) is 4.91. The van der Waals surface area contributed by atoms with Crippen molar-refractivity contribution in [2.24, 2.45) is 5.10 Å². The Balaban J connectivity index is 2.67. The van der Waals surface area contributed by atoms with Gasteiger partial charge < -0.3 is 0 Å². The van der Waals surface area contributed by atoms with Crippen LogP contribution in [-0.4, -0.2) is 28.9 Å². The third kappa shape index (κ3) is 1.93. The second kappa shape index (κ2) is 2.75. The van der Waals surface area contributed by atoms with E-state index < -0.39 is 0 Å². The van der Waals surface area contributed by atoms with Crippen molar-refractivity contribution in [2.75, 3.05) is 13.2 Å². The Hall–Kier alpha value is -0.100. The fourth-order valence-electron chi connectivity index (χ4n) is 1.32. The van der Waals surface area contributed by atoms with Gasteiger partial charge in [-0.25, -0.2) is 0 Å². The maximum atomic E-state index is 4.42. The van der Waals surface area contributed by atoms with Gasteiger partial charge in [0.1, 0.15) is 0 Å². The van der Waals surface area contributed by atoms with Crippen LogP contribution in [-0.2, 0) is 0 Å². The van der Waals surface area contributed by atoms with Gasteiger partial charge in [-0.3, -0.25) is 4.78 Å². The molecule has 0 aromatic carbocycles. The van der Waals surface area contributed by atoms with Crippen LogP contribution in [0.2, 0.25) is 0 Å². The van der Waals surface area contributed by atoms with Gasteiger partial charge in [-0.15, -0.1) is 0 Å². The molecule has 0 saturated heterocycles. The molecule has 0 saturated carbocycles. The molecule has 0 aliphatic carbocycles. The van der Waals surface area contributed by atoms with Gasteiger partial charge in [-0.2, -0.15) is 5.10 Å². The van der Waals surface area contributed by atoms with Crippen LogP contribution in [0.1, 0.15) is 27.7 Å². The van der Waals surface area contributed by atoms with Crippen molar-refractivity contribution < 1.29 is 0 Å². The number of hydrogen-bond acceptors (Lipinski definition) is 2. The van der Waals surface area contributed by atoms with Crippen LogP contribution < -0.4 is 0 Å². The van der Waals surface area contributed by atoms with Gasteiger partial charge in [-0.1, -0.05) is 20.8 Å². The van der Waals surface area contributed by atoms with Crippen molar-refractivity contribution in [3.05, 3.63) is 0 Å². The van der Waals surface area contributed by atoms with Gasteiger partial charge in [0, 0.05) is 32.1 Å². The van der Waals surface area contributed by atoms with Gasteiger partial charge >= 0.3 is 0 Å². The topological polar surface area (TPSA) is 15.6 Å². The van der Waals surface area contributed by atoms with E-state index in [-0.39, 0.29) is 8.07 Å². The molecule has 1 aliphatic heterocycles. The predicted molar refractivity (Wildman–Crippen MR) is 52.4 cm³/mol. The van der Waals surface area contributed by atoms with E-state index in [1.54, 1.807) is 0 Å². The smallest absolute Gasteiger partial charge is 0.0413 e. The Kier molecular flexibility index (Phi) is 2.24. The van der Waals surface area contributed by atoms with Crippen molar-refractivity contribution in [2.45, 2.75) is 32.9 Å². The van der Waals surface area contributed by atoms with E-state index in [0.717, 1.165) is 0 Å². The Morgan fingerprint density at radius 1 is 1.45 bits per heavy atom. The Bertz CT molecular complexity index is 181. The van der Waals surface area contributed by atoms with E-state index >= 15 is 0 Å². The molecule has 0 amide bonds. The molecule has 0 aromatic rings. The zero-order valence-corrected chi connectivity index (χ0v) is 8.94. The Morgan fingerprint density at radius 3 is 2.18 bits per heavy atom. The van der Waals surface area contributed by atoms with Crippen molar-refractivity contribution in [3.8, 4) is 0 Å². The van der Waals surface area contributed by atoms with E-state index in [2.05, 4.69) is 44.6 Å². The average molecular weight is 172 g/mol. The molecule has 0 fully saturated rings. The maximum absolute atomic E-state index is 4.42. The largest absolute Gasteiger partial charge is 0.279 e. The molecule has 3 heteroatoms. The summed E-state index contributed by atoms with van der Waals surface area (Å²) in [6.07, 6.45) is 1.19. The van der Waals surface area contributed by atoms with Gasteiger partial charge in [0.05, 0.1) is 0 Å². The highest BCUT2D eigenvalue weighted by Crippen LogP contribution is 2.54. The summed E-state index contributed by atoms with van der Waals surface area (Å²) in [6, 6.07) is 0. The number of nitrogens with zero attached hydrogens (tertiary/aromatic N) is 2. The summed E-state index contributed by atoms with van der Waals surface area (Å²) in [4.78, 5) is 0. The molecule has 1 unspecified atom stereocenters. The maximum Gasteiger partial charge on any atom is 0.0413 e. The standard InChI is InChI=1S/C8H17N2P/c1-7-6-11(8(2,3)4)10(5)9-7/h6H2,1-5H3. The Labute approximate surface area is 70.5 Å². The first-order valence-corrected chi connectivity index (χ1v) is 5.44. The summed E-state index contributed by atoms with van der Waals surface area (Å²) in [7, 11) is 2.03. The lowest BCUT2D eigenvalue weighted by Gasteiger charge is -2.31. The van der Waals surface area contributed by atoms with Gasteiger partial charge in [0.25, 0.3) is 0 Å². The number of hydrogen-bond donors (Lipinski definition) is 0. The van der Waals surface area contributed by atoms with Crippen LogP contribution >= 0.6 is 8.07 Å². The minimum atomic E-state index is -0.0571. The Morgan fingerprint density at radius 2 is 2.00 bits per heavy atom. The second-order valence-corrected chi connectivity index (χ2v) is 7.09. The molecule has 1 aliphatic rings. The molecular formula is C8H17N2P. The zero-order chi connectivity index (χ0) is 8.65. The fraction of sp³-hybridized carbons (Fsp3) is 0.875. The lowest BCUT2D eigenvalue weighted by Crippen LogP contribution is -2.19. The van der Waals surface area contributed by atoms with Crippen molar-refractivity contribution in [1.29, 1.82) is 0 Å². The number of hydrazone groups is 1. The van der Waals surface area contributed by atoms with E-state index in [0.29, 0.717) is 5.16 Å². The predicted octanol–water partition coefficient (Wildman–Crippen LogP) is 2.50. The minimum absolute atomic E-state index is 0.0571. The van der Waals surface area contributed by atoms with Crippen molar-refractivity contribution in [1.82, 2.24) is 4.78 Å². The van der Waals surface area contributed by atoms with Crippen LogP contribution in [0.4, 0.5) is 0 Å². The summed E-state index contributed by atoms with van der Waals surface area (Å²) in [6.45, 7) is 9.00. The van der Waals surface area contributed by atoms with E-state index in [4.69, 9.17) is 0 Å². The summed E-state index contributed by atoms with van der Waals surface area (Å²) in [5.74, 6) is 0. The fourth-order valence-corrected chi connectivity index (χ4v) is 3.63. The molecule has 11 heavy (non-hydrogen) atoms.